The lowest BCUT2D eigenvalue weighted by Crippen LogP contribution is -2.21. The van der Waals surface area contributed by atoms with Crippen LogP contribution in [-0.4, -0.2) is 11.5 Å². The van der Waals surface area contributed by atoms with Gasteiger partial charge >= 0.3 is 0 Å². The Morgan fingerprint density at radius 1 is 1.55 bits per heavy atom. The van der Waals surface area contributed by atoms with E-state index in [1.165, 1.54) is 0 Å². The van der Waals surface area contributed by atoms with E-state index in [1.54, 1.807) is 6.20 Å². The summed E-state index contributed by atoms with van der Waals surface area (Å²) in [6, 6.07) is 3.61. The molecule has 11 heavy (non-hydrogen) atoms. The van der Waals surface area contributed by atoms with Crippen molar-refractivity contribution in [1.82, 2.24) is 4.98 Å². The molecule has 60 valence electrons. The Morgan fingerprint density at radius 3 is 2.73 bits per heavy atom. The molecular formula is C7H10BrN3. The van der Waals surface area contributed by atoms with Crippen LogP contribution in [0.1, 0.15) is 11.7 Å². The van der Waals surface area contributed by atoms with Crippen LogP contribution in [-0.2, 0) is 0 Å². The molecule has 3 nitrogen and oxygen atoms in total. The summed E-state index contributed by atoms with van der Waals surface area (Å²) in [5, 5.41) is 0. The Morgan fingerprint density at radius 2 is 2.27 bits per heavy atom. The zero-order valence-corrected chi connectivity index (χ0v) is 7.58. The molecule has 0 fully saturated rings. The molecule has 0 saturated carbocycles. The minimum Gasteiger partial charge on any atom is -0.329 e. The maximum atomic E-state index is 5.64. The highest BCUT2D eigenvalue weighted by Gasteiger charge is 2.02. The summed E-state index contributed by atoms with van der Waals surface area (Å²) in [5.41, 5.74) is 11.8. The van der Waals surface area contributed by atoms with E-state index in [-0.39, 0.29) is 6.04 Å². The van der Waals surface area contributed by atoms with Crippen molar-refractivity contribution in [1.29, 1.82) is 0 Å². The van der Waals surface area contributed by atoms with Crippen molar-refractivity contribution >= 4 is 15.9 Å². The molecule has 0 aromatic carbocycles. The van der Waals surface area contributed by atoms with Gasteiger partial charge in [0.25, 0.3) is 0 Å². The van der Waals surface area contributed by atoms with Crippen molar-refractivity contribution in [2.45, 2.75) is 6.04 Å². The molecule has 0 spiro atoms. The highest BCUT2D eigenvalue weighted by atomic mass is 79.9. The van der Waals surface area contributed by atoms with Gasteiger partial charge in [-0.3, -0.25) is 4.98 Å². The Bertz CT molecular complexity index is 222. The van der Waals surface area contributed by atoms with Crippen molar-refractivity contribution < 1.29 is 0 Å². The summed E-state index contributed by atoms with van der Waals surface area (Å²) in [6.07, 6.45) is 1.71. The van der Waals surface area contributed by atoms with Gasteiger partial charge in [-0.05, 0) is 28.1 Å². The molecule has 1 aromatic heterocycles. The SMILES string of the molecule is NC[C@@H](N)c1ccc(Br)cn1. The van der Waals surface area contributed by atoms with Gasteiger partial charge in [-0.25, -0.2) is 0 Å². The number of aromatic nitrogens is 1. The van der Waals surface area contributed by atoms with Crippen LogP contribution in [0.3, 0.4) is 0 Å². The fraction of sp³-hybridized carbons (Fsp3) is 0.286. The second kappa shape index (κ2) is 3.80. The number of nitrogens with two attached hydrogens (primary N) is 2. The summed E-state index contributed by atoms with van der Waals surface area (Å²) in [6.45, 7) is 0.425. The summed E-state index contributed by atoms with van der Waals surface area (Å²) in [7, 11) is 0. The molecule has 0 aliphatic heterocycles. The van der Waals surface area contributed by atoms with Crippen LogP contribution in [0.5, 0.6) is 0 Å². The molecule has 1 rings (SSSR count). The summed E-state index contributed by atoms with van der Waals surface area (Å²) in [5.74, 6) is 0. The van der Waals surface area contributed by atoms with Crippen LogP contribution in [0.25, 0.3) is 0 Å². The van der Waals surface area contributed by atoms with Gasteiger partial charge in [0.1, 0.15) is 0 Å². The van der Waals surface area contributed by atoms with Crippen LogP contribution < -0.4 is 11.5 Å². The van der Waals surface area contributed by atoms with Gasteiger partial charge in [-0.1, -0.05) is 0 Å². The first-order valence-electron chi connectivity index (χ1n) is 3.31. The first-order chi connectivity index (χ1) is 5.24. The lowest BCUT2D eigenvalue weighted by molar-refractivity contribution is 0.710. The molecule has 1 aromatic rings. The molecule has 4 heteroatoms. The minimum absolute atomic E-state index is 0.150. The summed E-state index contributed by atoms with van der Waals surface area (Å²) >= 11 is 3.28. The van der Waals surface area contributed by atoms with E-state index in [2.05, 4.69) is 20.9 Å². The number of hydrogen-bond donors (Lipinski definition) is 2. The van der Waals surface area contributed by atoms with E-state index in [1.807, 2.05) is 12.1 Å². The Balaban J connectivity index is 2.81. The van der Waals surface area contributed by atoms with E-state index in [4.69, 9.17) is 11.5 Å². The standard InChI is InChI=1S/C7H10BrN3/c8-5-1-2-7(11-4-5)6(10)3-9/h1-2,4,6H,3,9-10H2/t6-/m1/s1. The molecule has 4 N–H and O–H groups in total. The fourth-order valence-corrected chi connectivity index (χ4v) is 0.962. The van der Waals surface area contributed by atoms with Gasteiger partial charge in [0.2, 0.25) is 0 Å². The third-order valence-electron chi connectivity index (χ3n) is 1.38. The average molecular weight is 216 g/mol. The van der Waals surface area contributed by atoms with Crippen molar-refractivity contribution in [2.24, 2.45) is 11.5 Å². The van der Waals surface area contributed by atoms with E-state index >= 15 is 0 Å². The summed E-state index contributed by atoms with van der Waals surface area (Å²) < 4.78 is 0.950. The molecular weight excluding hydrogens is 206 g/mol. The van der Waals surface area contributed by atoms with Gasteiger partial charge in [0.05, 0.1) is 11.7 Å². The van der Waals surface area contributed by atoms with Crippen LogP contribution >= 0.6 is 15.9 Å². The zero-order valence-electron chi connectivity index (χ0n) is 6.00. The van der Waals surface area contributed by atoms with Gasteiger partial charge in [-0.2, -0.15) is 0 Å². The third kappa shape index (κ3) is 2.25. The maximum absolute atomic E-state index is 5.64. The largest absolute Gasteiger partial charge is 0.329 e. The molecule has 0 aliphatic carbocycles. The molecule has 0 saturated heterocycles. The topological polar surface area (TPSA) is 64.9 Å². The molecule has 0 amide bonds. The first-order valence-corrected chi connectivity index (χ1v) is 4.10. The summed E-state index contributed by atoms with van der Waals surface area (Å²) in [4.78, 5) is 4.10. The predicted molar refractivity (Wildman–Crippen MR) is 47.9 cm³/mol. The maximum Gasteiger partial charge on any atom is 0.0594 e. The van der Waals surface area contributed by atoms with Crippen molar-refractivity contribution in [3.05, 3.63) is 28.5 Å². The molecule has 1 atom stereocenters. The Hall–Kier alpha value is -0.450. The quantitative estimate of drug-likeness (QED) is 0.768. The Kier molecular flexibility index (Phi) is 2.99. The minimum atomic E-state index is -0.150. The first kappa shape index (κ1) is 8.64. The average Bonchev–Trinajstić information content (AvgIpc) is 2.05. The van der Waals surface area contributed by atoms with E-state index in [0.29, 0.717) is 6.54 Å². The van der Waals surface area contributed by atoms with Gasteiger partial charge in [0, 0.05) is 17.2 Å². The number of rotatable bonds is 2. The monoisotopic (exact) mass is 215 g/mol. The van der Waals surface area contributed by atoms with Crippen LogP contribution in [0.15, 0.2) is 22.8 Å². The third-order valence-corrected chi connectivity index (χ3v) is 1.85. The molecule has 0 aliphatic rings. The van der Waals surface area contributed by atoms with Crippen LogP contribution in [0, 0.1) is 0 Å². The molecule has 0 radical (unpaired) electrons. The number of pyridine rings is 1. The van der Waals surface area contributed by atoms with Gasteiger partial charge in [0.15, 0.2) is 0 Å². The van der Waals surface area contributed by atoms with Gasteiger partial charge in [-0.15, -0.1) is 0 Å². The molecule has 1 heterocycles. The lowest BCUT2D eigenvalue weighted by atomic mass is 10.2. The van der Waals surface area contributed by atoms with Crippen LogP contribution in [0.4, 0.5) is 0 Å². The van der Waals surface area contributed by atoms with Crippen molar-refractivity contribution in [3.63, 3.8) is 0 Å². The highest BCUT2D eigenvalue weighted by molar-refractivity contribution is 9.10. The number of hydrogen-bond acceptors (Lipinski definition) is 3. The fourth-order valence-electron chi connectivity index (χ4n) is 0.727. The number of nitrogens with zero attached hydrogens (tertiary/aromatic N) is 1. The second-order valence-electron chi connectivity index (χ2n) is 2.24. The van der Waals surface area contributed by atoms with Crippen molar-refractivity contribution in [2.75, 3.05) is 6.54 Å². The van der Waals surface area contributed by atoms with Crippen molar-refractivity contribution in [3.8, 4) is 0 Å². The smallest absolute Gasteiger partial charge is 0.0594 e. The molecule has 0 bridgehead atoms. The van der Waals surface area contributed by atoms with E-state index < -0.39 is 0 Å². The predicted octanol–water partition coefficient (Wildman–Crippen LogP) is 0.803. The highest BCUT2D eigenvalue weighted by Crippen LogP contribution is 2.10. The Labute approximate surface area is 73.9 Å². The zero-order chi connectivity index (χ0) is 8.27. The lowest BCUT2D eigenvalue weighted by Gasteiger charge is -2.06. The van der Waals surface area contributed by atoms with E-state index in [0.717, 1.165) is 10.2 Å². The normalized spacial score (nSPS) is 13.0. The van der Waals surface area contributed by atoms with Crippen LogP contribution in [0.2, 0.25) is 0 Å². The molecule has 0 unspecified atom stereocenters. The van der Waals surface area contributed by atoms with Gasteiger partial charge < -0.3 is 11.5 Å². The second-order valence-corrected chi connectivity index (χ2v) is 3.16. The number of halogens is 1. The van der Waals surface area contributed by atoms with E-state index in [9.17, 15) is 0 Å².